The van der Waals surface area contributed by atoms with Gasteiger partial charge in [0.1, 0.15) is 0 Å². The van der Waals surface area contributed by atoms with Gasteiger partial charge in [0, 0.05) is 47.5 Å². The van der Waals surface area contributed by atoms with Crippen molar-refractivity contribution in [2.45, 2.75) is 0 Å². The zero-order valence-electron chi connectivity index (χ0n) is 23.1. The van der Waals surface area contributed by atoms with Crippen molar-refractivity contribution in [2.75, 3.05) is 0 Å². The molecule has 0 atom stereocenters. The normalized spacial score (nSPS) is 10.8. The summed E-state index contributed by atoms with van der Waals surface area (Å²) < 4.78 is 8.63. The van der Waals surface area contributed by atoms with Gasteiger partial charge in [0.2, 0.25) is 0 Å². The molecule has 0 aliphatic heterocycles. The van der Waals surface area contributed by atoms with E-state index in [1.165, 1.54) is 49.7 Å². The molecule has 0 saturated carbocycles. The average Bonchev–Trinajstić information content (AvgIpc) is 3.61. The highest BCUT2D eigenvalue weighted by Crippen LogP contribution is 2.36. The van der Waals surface area contributed by atoms with Crippen molar-refractivity contribution < 1.29 is 10.0 Å². The number of benzene rings is 6. The van der Waals surface area contributed by atoms with E-state index < -0.39 is 7.12 Å². The summed E-state index contributed by atoms with van der Waals surface area (Å²) in [5.41, 5.74) is 3.06. The molecule has 216 valence electrons. The molecule has 0 aliphatic carbocycles. The largest absolute Gasteiger partial charge is 0.488 e. The van der Waals surface area contributed by atoms with E-state index in [2.05, 4.69) is 145 Å². The first-order valence-corrected chi connectivity index (χ1v) is 18.0. The Bertz CT molecular complexity index is 2170. The molecule has 8 aromatic rings. The second-order valence-corrected chi connectivity index (χ2v) is 15.2. The Balaban J connectivity index is 0.000000128. The lowest BCUT2D eigenvalue weighted by Gasteiger charge is -2.02. The molecule has 0 aliphatic rings. The van der Waals surface area contributed by atoms with Crippen LogP contribution in [-0.2, 0) is 0 Å². The maximum absolute atomic E-state index is 9.15. The molecule has 6 aromatic carbocycles. The van der Waals surface area contributed by atoms with Crippen molar-refractivity contribution in [1.29, 1.82) is 0 Å². The van der Waals surface area contributed by atoms with Gasteiger partial charge < -0.3 is 10.0 Å². The molecule has 8 rings (SSSR count). The summed E-state index contributed by atoms with van der Waals surface area (Å²) in [5, 5.41) is 23.3. The summed E-state index contributed by atoms with van der Waals surface area (Å²) in [6.07, 6.45) is 0. The number of hydrogen-bond acceptors (Lipinski definition) is 4. The third-order valence-electron chi connectivity index (χ3n) is 7.06. The Morgan fingerprint density at radius 2 is 0.932 bits per heavy atom. The molecule has 0 amide bonds. The van der Waals surface area contributed by atoms with Crippen LogP contribution in [0.5, 0.6) is 0 Å². The van der Waals surface area contributed by atoms with E-state index in [4.69, 9.17) is 10.0 Å². The molecular weight excluding hydrogens is 826 g/mol. The van der Waals surface area contributed by atoms with Gasteiger partial charge in [-0.3, -0.25) is 0 Å². The minimum absolute atomic E-state index is 0.538. The first-order valence-electron chi connectivity index (χ1n) is 13.7. The van der Waals surface area contributed by atoms with Crippen molar-refractivity contribution in [3.8, 4) is 11.1 Å². The van der Waals surface area contributed by atoms with E-state index in [0.717, 1.165) is 14.3 Å². The fourth-order valence-electron chi connectivity index (χ4n) is 4.88. The zero-order chi connectivity index (χ0) is 30.6. The highest BCUT2D eigenvalue weighted by molar-refractivity contribution is 14.1. The molecule has 0 spiro atoms. The van der Waals surface area contributed by atoms with Gasteiger partial charge in [0.05, 0.1) is 0 Å². The number of hydrogen-bond donors (Lipinski definition) is 2. The standard InChI is InChI=1S/C18H11BrS.C12H9BO2S.C6H4BrI/c19-14-8-5-12(6-9-14)13-7-10-18-16(11-13)15-3-1-2-4-17(15)20-18;14-13(15)8-5-6-12-10(7-8)9-3-1-2-4-11(9)16-12;7-5-1-3-6(8)4-2-5/h1-11H;1-7,14-15H;1-4H. The third kappa shape index (κ3) is 7.28. The molecule has 0 radical (unpaired) electrons. The predicted octanol–water partition coefficient (Wildman–Crippen LogP) is 11.3. The SMILES string of the molecule is Brc1ccc(-c2ccc3sc4ccccc4c3c2)cc1.Brc1ccc(I)cc1.OB(O)c1ccc2sc3ccccc3c2c1. The summed E-state index contributed by atoms with van der Waals surface area (Å²) in [4.78, 5) is 0. The Morgan fingerprint density at radius 3 is 1.48 bits per heavy atom. The highest BCUT2D eigenvalue weighted by atomic mass is 127. The van der Waals surface area contributed by atoms with E-state index in [1.807, 2.05) is 47.7 Å². The summed E-state index contributed by atoms with van der Waals surface area (Å²) >= 11 is 12.7. The molecule has 2 N–H and O–H groups in total. The molecule has 8 heteroatoms. The van der Waals surface area contributed by atoms with Crippen LogP contribution in [0.25, 0.3) is 51.5 Å². The Morgan fingerprint density at radius 1 is 0.477 bits per heavy atom. The molecule has 0 saturated heterocycles. The fourth-order valence-corrected chi connectivity index (χ4v) is 7.94. The van der Waals surface area contributed by atoms with Crippen LogP contribution in [0.15, 0.2) is 142 Å². The van der Waals surface area contributed by atoms with Crippen molar-refractivity contribution in [1.82, 2.24) is 0 Å². The monoisotopic (exact) mass is 848 g/mol. The average molecular weight is 850 g/mol. The van der Waals surface area contributed by atoms with E-state index >= 15 is 0 Å². The maximum atomic E-state index is 9.15. The third-order valence-corrected chi connectivity index (χ3v) is 11.1. The molecule has 0 unspecified atom stereocenters. The molecule has 44 heavy (non-hydrogen) atoms. The number of fused-ring (bicyclic) bond motifs is 6. The first-order chi connectivity index (χ1) is 21.4. The van der Waals surface area contributed by atoms with Crippen LogP contribution in [-0.4, -0.2) is 17.2 Å². The van der Waals surface area contributed by atoms with Crippen LogP contribution in [0, 0.1) is 3.57 Å². The van der Waals surface area contributed by atoms with Gasteiger partial charge in [-0.2, -0.15) is 0 Å². The van der Waals surface area contributed by atoms with Crippen molar-refractivity contribution in [3.05, 3.63) is 146 Å². The van der Waals surface area contributed by atoms with Gasteiger partial charge >= 0.3 is 7.12 Å². The highest BCUT2D eigenvalue weighted by Gasteiger charge is 2.13. The van der Waals surface area contributed by atoms with Crippen LogP contribution < -0.4 is 5.46 Å². The first kappa shape index (κ1) is 31.4. The number of rotatable bonds is 2. The lowest BCUT2D eigenvalue weighted by Crippen LogP contribution is -2.29. The fraction of sp³-hybridized carbons (Fsp3) is 0. The summed E-state index contributed by atoms with van der Waals surface area (Å²) in [5.74, 6) is 0. The van der Waals surface area contributed by atoms with Gasteiger partial charge in [0.25, 0.3) is 0 Å². The van der Waals surface area contributed by atoms with Crippen LogP contribution in [0.1, 0.15) is 0 Å². The summed E-state index contributed by atoms with van der Waals surface area (Å²) in [7, 11) is -1.40. The van der Waals surface area contributed by atoms with E-state index in [1.54, 1.807) is 17.4 Å². The minimum atomic E-state index is -1.40. The lowest BCUT2D eigenvalue weighted by molar-refractivity contribution is 0.426. The second kappa shape index (κ2) is 14.2. The summed E-state index contributed by atoms with van der Waals surface area (Å²) in [6, 6.07) is 45.7. The molecule has 0 bridgehead atoms. The van der Waals surface area contributed by atoms with Crippen molar-refractivity contribution >= 4 is 130 Å². The van der Waals surface area contributed by atoms with Crippen molar-refractivity contribution in [3.63, 3.8) is 0 Å². The van der Waals surface area contributed by atoms with Gasteiger partial charge in [-0.25, -0.2) is 0 Å². The Kier molecular flexibility index (Phi) is 10.2. The van der Waals surface area contributed by atoms with Crippen molar-refractivity contribution in [2.24, 2.45) is 0 Å². The van der Waals surface area contributed by atoms with Gasteiger partial charge in [-0.15, -0.1) is 22.7 Å². The van der Waals surface area contributed by atoms with Crippen LogP contribution in [0.2, 0.25) is 0 Å². The zero-order valence-corrected chi connectivity index (χ0v) is 30.1. The quantitative estimate of drug-likeness (QED) is 0.134. The Labute approximate surface area is 294 Å². The number of halogens is 3. The van der Waals surface area contributed by atoms with E-state index in [0.29, 0.717) is 5.46 Å². The van der Waals surface area contributed by atoms with Crippen LogP contribution in [0.3, 0.4) is 0 Å². The smallest absolute Gasteiger partial charge is 0.423 e. The maximum Gasteiger partial charge on any atom is 0.488 e. The molecule has 2 aromatic heterocycles. The van der Waals surface area contributed by atoms with Gasteiger partial charge in [-0.1, -0.05) is 98.6 Å². The summed E-state index contributed by atoms with van der Waals surface area (Å²) in [6.45, 7) is 0. The van der Waals surface area contributed by atoms with Crippen LogP contribution in [0.4, 0.5) is 0 Å². The van der Waals surface area contributed by atoms with E-state index in [-0.39, 0.29) is 0 Å². The van der Waals surface area contributed by atoms with Gasteiger partial charge in [-0.05, 0) is 111 Å². The lowest BCUT2D eigenvalue weighted by atomic mass is 9.80. The Hall–Kier alpha value is -2.57. The number of thiophene rings is 2. The minimum Gasteiger partial charge on any atom is -0.423 e. The van der Waals surface area contributed by atoms with Gasteiger partial charge in [0.15, 0.2) is 0 Å². The van der Waals surface area contributed by atoms with E-state index in [9.17, 15) is 0 Å². The predicted molar refractivity (Wildman–Crippen MR) is 208 cm³/mol. The molecule has 2 heterocycles. The van der Waals surface area contributed by atoms with Crippen LogP contribution >= 0.6 is 77.1 Å². The molecule has 0 fully saturated rings. The topological polar surface area (TPSA) is 40.5 Å². The second-order valence-electron chi connectivity index (χ2n) is 9.98. The molecule has 2 nitrogen and oxygen atoms in total. The molecular formula is C36H24BBr2IO2S2.